The van der Waals surface area contributed by atoms with Crippen LogP contribution in [0.3, 0.4) is 0 Å². The predicted octanol–water partition coefficient (Wildman–Crippen LogP) is 4.58. The second kappa shape index (κ2) is 9.23. The Labute approximate surface area is 204 Å². The van der Waals surface area contributed by atoms with Gasteiger partial charge >= 0.3 is 5.69 Å². The number of carbonyl (C=O) groups is 1. The highest BCUT2D eigenvalue weighted by molar-refractivity contribution is 7.25. The number of rotatable bonds is 6. The van der Waals surface area contributed by atoms with Gasteiger partial charge in [-0.3, -0.25) is 14.2 Å². The highest BCUT2D eigenvalue weighted by Crippen LogP contribution is 2.31. The highest BCUT2D eigenvalue weighted by Gasteiger charge is 2.21. The van der Waals surface area contributed by atoms with Crippen molar-refractivity contribution in [3.63, 3.8) is 0 Å². The number of aromatic nitrogens is 2. The number of fused-ring (bicyclic) bond motifs is 3. The fraction of sp³-hybridized carbons (Fsp3) is 0.148. The van der Waals surface area contributed by atoms with Crippen molar-refractivity contribution >= 4 is 43.2 Å². The van der Waals surface area contributed by atoms with Crippen LogP contribution < -0.4 is 21.3 Å². The molecule has 0 aliphatic rings. The van der Waals surface area contributed by atoms with E-state index in [9.17, 15) is 14.4 Å². The minimum atomic E-state index is -0.587. The topological polar surface area (TPSA) is 82.3 Å². The van der Waals surface area contributed by atoms with Gasteiger partial charge in [0.1, 0.15) is 17.0 Å². The summed E-state index contributed by atoms with van der Waals surface area (Å²) in [6.07, 6.45) is 0.901. The van der Waals surface area contributed by atoms with Crippen LogP contribution in [0.5, 0.6) is 5.75 Å². The number of aryl methyl sites for hydroxylation is 1. The number of hydrogen-bond acceptors (Lipinski definition) is 5. The van der Waals surface area contributed by atoms with Crippen molar-refractivity contribution in [3.8, 4) is 11.4 Å². The lowest BCUT2D eigenvalue weighted by Gasteiger charge is -2.13. The van der Waals surface area contributed by atoms with Gasteiger partial charge in [-0.2, -0.15) is 0 Å². The molecular weight excluding hydrogens is 462 g/mol. The fourth-order valence-corrected chi connectivity index (χ4v) is 5.28. The molecule has 5 aromatic rings. The molecule has 0 atom stereocenters. The van der Waals surface area contributed by atoms with Crippen molar-refractivity contribution in [1.29, 1.82) is 0 Å². The maximum Gasteiger partial charge on any atom is 0.336 e. The van der Waals surface area contributed by atoms with Gasteiger partial charge in [-0.05, 0) is 42.3 Å². The molecule has 3 aromatic carbocycles. The number of amides is 1. The van der Waals surface area contributed by atoms with Crippen LogP contribution >= 0.6 is 11.3 Å². The molecule has 0 radical (unpaired) electrons. The summed E-state index contributed by atoms with van der Waals surface area (Å²) in [5, 5.41) is 3.63. The van der Waals surface area contributed by atoms with E-state index < -0.39 is 11.2 Å². The van der Waals surface area contributed by atoms with Crippen molar-refractivity contribution in [1.82, 2.24) is 9.13 Å². The average Bonchev–Trinajstić information content (AvgIpc) is 3.27. The Hall–Kier alpha value is -4.17. The first kappa shape index (κ1) is 22.6. The number of nitrogens with zero attached hydrogens (tertiary/aromatic N) is 2. The van der Waals surface area contributed by atoms with E-state index in [0.29, 0.717) is 27.3 Å². The van der Waals surface area contributed by atoms with Gasteiger partial charge in [0.15, 0.2) is 0 Å². The summed E-state index contributed by atoms with van der Waals surface area (Å²) in [4.78, 5) is 40.3. The van der Waals surface area contributed by atoms with E-state index >= 15 is 0 Å². The van der Waals surface area contributed by atoms with E-state index in [4.69, 9.17) is 4.74 Å². The first-order valence-corrected chi connectivity index (χ1v) is 12.0. The summed E-state index contributed by atoms with van der Waals surface area (Å²) in [6.45, 7) is 1.82. The molecule has 1 N–H and O–H groups in total. The number of ether oxygens (including phenoxy) is 1. The molecule has 0 saturated carbocycles. The second-order valence-electron chi connectivity index (χ2n) is 8.09. The van der Waals surface area contributed by atoms with Crippen molar-refractivity contribution in [3.05, 3.63) is 99.2 Å². The van der Waals surface area contributed by atoms with Crippen LogP contribution in [0.15, 0.2) is 82.4 Å². The quantitative estimate of drug-likeness (QED) is 0.382. The maximum atomic E-state index is 13.7. The van der Waals surface area contributed by atoms with Gasteiger partial charge in [0.05, 0.1) is 18.3 Å². The normalized spacial score (nSPS) is 11.1. The van der Waals surface area contributed by atoms with Crippen molar-refractivity contribution < 1.29 is 9.53 Å². The minimum Gasteiger partial charge on any atom is -0.497 e. The van der Waals surface area contributed by atoms with Crippen LogP contribution in [0.2, 0.25) is 0 Å². The lowest BCUT2D eigenvalue weighted by Crippen LogP contribution is -2.40. The molecule has 0 fully saturated rings. The van der Waals surface area contributed by atoms with Crippen LogP contribution in [-0.2, 0) is 17.8 Å². The van der Waals surface area contributed by atoms with Crippen LogP contribution in [0.4, 0.5) is 5.69 Å². The molecule has 0 bridgehead atoms. The van der Waals surface area contributed by atoms with Crippen molar-refractivity contribution in [2.75, 3.05) is 12.4 Å². The lowest BCUT2D eigenvalue weighted by molar-refractivity contribution is -0.116. The fourth-order valence-electron chi connectivity index (χ4n) is 4.14. The Balaban J connectivity index is 1.68. The zero-order valence-electron chi connectivity index (χ0n) is 19.3. The molecule has 35 heavy (non-hydrogen) atoms. The molecule has 0 spiro atoms. The maximum absolute atomic E-state index is 13.7. The third-order valence-corrected chi connectivity index (χ3v) is 7.07. The smallest absolute Gasteiger partial charge is 0.336 e. The van der Waals surface area contributed by atoms with E-state index in [2.05, 4.69) is 12.2 Å². The summed E-state index contributed by atoms with van der Waals surface area (Å²) in [6, 6.07) is 21.8. The molecule has 0 saturated heterocycles. The number of hydrogen-bond donors (Lipinski definition) is 1. The van der Waals surface area contributed by atoms with Gasteiger partial charge in [-0.15, -0.1) is 11.3 Å². The third kappa shape index (κ3) is 4.13. The van der Waals surface area contributed by atoms with Gasteiger partial charge in [-0.25, -0.2) is 9.36 Å². The number of methoxy groups -OCH3 is 1. The summed E-state index contributed by atoms with van der Waals surface area (Å²) < 4.78 is 9.04. The van der Waals surface area contributed by atoms with E-state index in [-0.39, 0.29) is 12.5 Å². The molecule has 0 aliphatic carbocycles. The minimum absolute atomic E-state index is 0.240. The predicted molar refractivity (Wildman–Crippen MR) is 140 cm³/mol. The molecule has 2 aromatic heterocycles. The van der Waals surface area contributed by atoms with Crippen LogP contribution in [0, 0.1) is 0 Å². The second-order valence-corrected chi connectivity index (χ2v) is 9.14. The Bertz CT molecular complexity index is 1680. The largest absolute Gasteiger partial charge is 0.497 e. The molecule has 0 unspecified atom stereocenters. The molecule has 2 heterocycles. The van der Waals surface area contributed by atoms with Crippen LogP contribution in [-0.4, -0.2) is 22.2 Å². The van der Waals surface area contributed by atoms with Crippen LogP contribution in [0.1, 0.15) is 12.5 Å². The number of anilines is 1. The molecular formula is C27H23N3O4S. The molecule has 7 nitrogen and oxygen atoms in total. The summed E-state index contributed by atoms with van der Waals surface area (Å²) in [5.74, 6) is 0.161. The van der Waals surface area contributed by atoms with Gasteiger partial charge in [-0.1, -0.05) is 43.3 Å². The summed E-state index contributed by atoms with van der Waals surface area (Å²) in [7, 11) is 1.52. The molecule has 1 amide bonds. The Morgan fingerprint density at radius 3 is 2.51 bits per heavy atom. The standard InChI is InChI=1S/C27H23N3O4S/c1-3-17-11-13-18(14-12-17)28-23(31)16-29-24-21-9-4-5-10-22(21)35-25(24)26(32)30(27(29)33)19-7-6-8-20(15-19)34-2/h4-15H,3,16H2,1-2H3,(H,28,31). The Kier molecular flexibility index (Phi) is 5.96. The summed E-state index contributed by atoms with van der Waals surface area (Å²) in [5.41, 5.74) is 1.64. The number of thiophene rings is 1. The molecule has 8 heteroatoms. The van der Waals surface area contributed by atoms with Gasteiger partial charge < -0.3 is 10.1 Å². The Morgan fingerprint density at radius 1 is 1.00 bits per heavy atom. The van der Waals surface area contributed by atoms with E-state index in [1.807, 2.05) is 48.5 Å². The monoisotopic (exact) mass is 485 g/mol. The first-order valence-electron chi connectivity index (χ1n) is 11.2. The lowest BCUT2D eigenvalue weighted by atomic mass is 10.1. The molecule has 5 rings (SSSR count). The number of benzene rings is 3. The number of carbonyl (C=O) groups excluding carboxylic acids is 1. The zero-order chi connectivity index (χ0) is 24.5. The molecule has 0 aliphatic heterocycles. The number of nitrogens with one attached hydrogen (secondary N) is 1. The third-order valence-electron chi connectivity index (χ3n) is 5.92. The van der Waals surface area contributed by atoms with Gasteiger partial charge in [0.25, 0.3) is 5.56 Å². The van der Waals surface area contributed by atoms with Gasteiger partial charge in [0, 0.05) is 21.8 Å². The van der Waals surface area contributed by atoms with E-state index in [1.165, 1.54) is 23.0 Å². The van der Waals surface area contributed by atoms with E-state index in [0.717, 1.165) is 26.6 Å². The van der Waals surface area contributed by atoms with Crippen LogP contribution in [0.25, 0.3) is 26.0 Å². The Morgan fingerprint density at radius 2 is 1.77 bits per heavy atom. The highest BCUT2D eigenvalue weighted by atomic mass is 32.1. The van der Waals surface area contributed by atoms with Crippen molar-refractivity contribution in [2.45, 2.75) is 19.9 Å². The average molecular weight is 486 g/mol. The SMILES string of the molecule is CCc1ccc(NC(=O)Cn2c(=O)n(-c3cccc(OC)c3)c(=O)c3sc4ccccc4c32)cc1. The molecule has 176 valence electrons. The first-order chi connectivity index (χ1) is 17.0. The van der Waals surface area contributed by atoms with E-state index in [1.54, 1.807) is 24.3 Å². The summed E-state index contributed by atoms with van der Waals surface area (Å²) >= 11 is 1.31. The zero-order valence-corrected chi connectivity index (χ0v) is 20.1. The van der Waals surface area contributed by atoms with Gasteiger partial charge in [0.2, 0.25) is 5.91 Å². The van der Waals surface area contributed by atoms with Crippen molar-refractivity contribution in [2.24, 2.45) is 0 Å².